The maximum atomic E-state index is 11.7. The molecule has 1 amide bonds. The zero-order valence-electron chi connectivity index (χ0n) is 21.3. The molecular formula is C23H43NO11. The van der Waals surface area contributed by atoms with Crippen molar-refractivity contribution in [1.82, 2.24) is 5.32 Å². The summed E-state index contributed by atoms with van der Waals surface area (Å²) >= 11 is 0. The second-order valence-corrected chi connectivity index (χ2v) is 8.25. The SMILES string of the molecule is CC(C)(C)OC(=O)CCOCCOCCOCCNC(=O)CCOCCOCCOCCC(=O)O. The third-order valence-electron chi connectivity index (χ3n) is 3.86. The van der Waals surface area contributed by atoms with Gasteiger partial charge in [-0.15, -0.1) is 0 Å². The summed E-state index contributed by atoms with van der Waals surface area (Å²) in [6.07, 6.45) is 0.430. The van der Waals surface area contributed by atoms with E-state index in [0.717, 1.165) is 0 Å². The number of esters is 1. The van der Waals surface area contributed by atoms with E-state index in [1.807, 2.05) is 20.8 Å². The van der Waals surface area contributed by atoms with Crippen molar-refractivity contribution in [2.45, 2.75) is 45.6 Å². The van der Waals surface area contributed by atoms with Crippen molar-refractivity contribution in [2.75, 3.05) is 85.8 Å². The van der Waals surface area contributed by atoms with Crippen LogP contribution in [0.15, 0.2) is 0 Å². The summed E-state index contributed by atoms with van der Waals surface area (Å²) in [6, 6.07) is 0. The van der Waals surface area contributed by atoms with Crippen LogP contribution in [0.4, 0.5) is 0 Å². The molecule has 0 saturated heterocycles. The number of aliphatic carboxylic acids is 1. The third kappa shape index (κ3) is 28.3. The number of hydrogen-bond donors (Lipinski definition) is 2. The quantitative estimate of drug-likeness (QED) is 0.141. The normalized spacial score (nSPS) is 11.4. The fraction of sp³-hybridized carbons (Fsp3) is 0.870. The first-order valence-corrected chi connectivity index (χ1v) is 11.9. The highest BCUT2D eigenvalue weighted by Crippen LogP contribution is 2.08. The molecule has 0 aliphatic carbocycles. The predicted molar refractivity (Wildman–Crippen MR) is 125 cm³/mol. The van der Waals surface area contributed by atoms with E-state index in [0.29, 0.717) is 79.2 Å². The number of carboxylic acid groups (broad SMARTS) is 1. The number of carbonyl (C=O) groups is 3. The first-order chi connectivity index (χ1) is 16.7. The predicted octanol–water partition coefficient (Wildman–Crippen LogP) is 0.799. The van der Waals surface area contributed by atoms with E-state index in [9.17, 15) is 14.4 Å². The van der Waals surface area contributed by atoms with Crippen molar-refractivity contribution in [2.24, 2.45) is 0 Å². The summed E-state index contributed by atoms with van der Waals surface area (Å²) in [7, 11) is 0. The molecule has 12 nitrogen and oxygen atoms in total. The smallest absolute Gasteiger partial charge is 0.308 e. The Morgan fingerprint density at radius 2 is 1.00 bits per heavy atom. The van der Waals surface area contributed by atoms with Crippen LogP contribution in [-0.4, -0.2) is 114 Å². The van der Waals surface area contributed by atoms with Gasteiger partial charge in [0.25, 0.3) is 0 Å². The number of carboxylic acids is 1. The zero-order valence-corrected chi connectivity index (χ0v) is 21.3. The van der Waals surface area contributed by atoms with Crippen molar-refractivity contribution in [3.8, 4) is 0 Å². The maximum Gasteiger partial charge on any atom is 0.308 e. The van der Waals surface area contributed by atoms with E-state index < -0.39 is 11.6 Å². The molecule has 0 aromatic heterocycles. The lowest BCUT2D eigenvalue weighted by Crippen LogP contribution is -2.28. The molecule has 0 spiro atoms. The molecule has 0 heterocycles. The van der Waals surface area contributed by atoms with E-state index in [1.54, 1.807) is 0 Å². The average molecular weight is 510 g/mol. The van der Waals surface area contributed by atoms with E-state index in [1.165, 1.54) is 0 Å². The van der Waals surface area contributed by atoms with Crippen LogP contribution in [0.3, 0.4) is 0 Å². The Morgan fingerprint density at radius 1 is 0.600 bits per heavy atom. The van der Waals surface area contributed by atoms with Gasteiger partial charge in [-0.1, -0.05) is 0 Å². The van der Waals surface area contributed by atoms with Crippen molar-refractivity contribution in [3.63, 3.8) is 0 Å². The largest absolute Gasteiger partial charge is 0.481 e. The number of ether oxygens (including phenoxy) is 7. The number of nitrogens with one attached hydrogen (secondary N) is 1. The lowest BCUT2D eigenvalue weighted by molar-refractivity contribution is -0.156. The standard InChI is InChI=1S/C23H43NO11/c1-23(2,3)35-22(28)6-10-31-14-18-34-19-15-32-11-7-24-20(25)4-8-29-12-16-33-17-13-30-9-5-21(26)27/h4-19H2,1-3H3,(H,24,25)(H,26,27). The molecule has 2 N–H and O–H groups in total. The van der Waals surface area contributed by atoms with Crippen LogP contribution in [0.5, 0.6) is 0 Å². The first-order valence-electron chi connectivity index (χ1n) is 11.9. The summed E-state index contributed by atoms with van der Waals surface area (Å²) in [4.78, 5) is 33.5. The van der Waals surface area contributed by atoms with Crippen molar-refractivity contribution in [3.05, 3.63) is 0 Å². The molecule has 0 aromatic rings. The Balaban J connectivity index is 3.26. The third-order valence-corrected chi connectivity index (χ3v) is 3.86. The van der Waals surface area contributed by atoms with Gasteiger partial charge in [-0.25, -0.2) is 0 Å². The lowest BCUT2D eigenvalue weighted by atomic mass is 10.2. The van der Waals surface area contributed by atoms with Crippen LogP contribution < -0.4 is 5.32 Å². The topological polar surface area (TPSA) is 148 Å². The summed E-state index contributed by atoms with van der Waals surface area (Å²) in [6.45, 7) is 10.0. The Labute approximate surface area is 207 Å². The van der Waals surface area contributed by atoms with Crippen LogP contribution in [0.2, 0.25) is 0 Å². The molecule has 0 fully saturated rings. The van der Waals surface area contributed by atoms with Gasteiger partial charge in [0.05, 0.1) is 92.1 Å². The molecule has 0 atom stereocenters. The van der Waals surface area contributed by atoms with Crippen molar-refractivity contribution < 1.29 is 52.6 Å². The second kappa shape index (κ2) is 22.6. The molecule has 0 aromatic carbocycles. The number of hydrogen-bond acceptors (Lipinski definition) is 10. The number of rotatable bonds is 24. The molecular weight excluding hydrogens is 466 g/mol. The fourth-order valence-electron chi connectivity index (χ4n) is 2.31. The van der Waals surface area contributed by atoms with Gasteiger partial charge < -0.3 is 43.6 Å². The second-order valence-electron chi connectivity index (χ2n) is 8.25. The van der Waals surface area contributed by atoms with Gasteiger partial charge in [-0.2, -0.15) is 0 Å². The maximum absolute atomic E-state index is 11.7. The Hall–Kier alpha value is -1.83. The minimum Gasteiger partial charge on any atom is -0.481 e. The van der Waals surface area contributed by atoms with Gasteiger partial charge >= 0.3 is 11.9 Å². The van der Waals surface area contributed by atoms with Gasteiger partial charge in [-0.05, 0) is 20.8 Å². The molecule has 0 bridgehead atoms. The zero-order chi connectivity index (χ0) is 26.2. The van der Waals surface area contributed by atoms with E-state index >= 15 is 0 Å². The highest BCUT2D eigenvalue weighted by atomic mass is 16.6. The Bertz CT molecular complexity index is 552. The minimum absolute atomic E-state index is 0.0253. The Kier molecular flexibility index (Phi) is 21.4. The summed E-state index contributed by atoms with van der Waals surface area (Å²) in [5, 5.41) is 11.2. The van der Waals surface area contributed by atoms with Crippen molar-refractivity contribution in [1.29, 1.82) is 0 Å². The molecule has 12 heteroatoms. The molecule has 206 valence electrons. The van der Waals surface area contributed by atoms with Gasteiger partial charge in [0.2, 0.25) is 5.91 Å². The summed E-state index contributed by atoms with van der Waals surface area (Å²) < 4.78 is 36.9. The molecule has 0 radical (unpaired) electrons. The van der Waals surface area contributed by atoms with Gasteiger partial charge in [-0.3, -0.25) is 14.4 Å². The average Bonchev–Trinajstić information content (AvgIpc) is 2.76. The highest BCUT2D eigenvalue weighted by molar-refractivity contribution is 5.75. The van der Waals surface area contributed by atoms with Gasteiger partial charge in [0, 0.05) is 13.0 Å². The van der Waals surface area contributed by atoms with Crippen molar-refractivity contribution >= 4 is 17.8 Å². The van der Waals surface area contributed by atoms with Crippen LogP contribution in [-0.2, 0) is 47.5 Å². The minimum atomic E-state index is -0.894. The summed E-state index contributed by atoms with van der Waals surface area (Å²) in [5.41, 5.74) is -0.488. The first kappa shape index (κ1) is 33.2. The number of amides is 1. The monoisotopic (exact) mass is 509 g/mol. The van der Waals surface area contributed by atoms with Gasteiger partial charge in [0.1, 0.15) is 5.60 Å². The number of carbonyl (C=O) groups excluding carboxylic acids is 2. The summed E-state index contributed by atoms with van der Waals surface area (Å²) in [5.74, 6) is -1.30. The van der Waals surface area contributed by atoms with Crippen LogP contribution in [0.1, 0.15) is 40.0 Å². The van der Waals surface area contributed by atoms with E-state index in [-0.39, 0.29) is 37.7 Å². The highest BCUT2D eigenvalue weighted by Gasteiger charge is 2.15. The molecule has 0 aliphatic rings. The van der Waals surface area contributed by atoms with Crippen LogP contribution in [0, 0.1) is 0 Å². The molecule has 0 rings (SSSR count). The van der Waals surface area contributed by atoms with E-state index in [4.69, 9.17) is 38.3 Å². The Morgan fingerprint density at radius 3 is 1.46 bits per heavy atom. The van der Waals surface area contributed by atoms with Crippen LogP contribution in [0.25, 0.3) is 0 Å². The van der Waals surface area contributed by atoms with Crippen LogP contribution >= 0.6 is 0 Å². The lowest BCUT2D eigenvalue weighted by Gasteiger charge is -2.19. The molecule has 0 unspecified atom stereocenters. The molecule has 0 saturated carbocycles. The van der Waals surface area contributed by atoms with Gasteiger partial charge in [0.15, 0.2) is 0 Å². The van der Waals surface area contributed by atoms with E-state index in [2.05, 4.69) is 5.32 Å². The fourth-order valence-corrected chi connectivity index (χ4v) is 2.31. The molecule has 0 aliphatic heterocycles. The molecule has 35 heavy (non-hydrogen) atoms.